The summed E-state index contributed by atoms with van der Waals surface area (Å²) in [4.78, 5) is 59.9. The van der Waals surface area contributed by atoms with Crippen LogP contribution in [0.4, 0.5) is 11.4 Å². The van der Waals surface area contributed by atoms with Crippen molar-refractivity contribution in [3.8, 4) is 0 Å². The number of nitro groups is 1. The van der Waals surface area contributed by atoms with Gasteiger partial charge in [0.15, 0.2) is 0 Å². The first-order valence-electron chi connectivity index (χ1n) is 8.06. The molecule has 0 aromatic heterocycles. The minimum absolute atomic E-state index is 0.0170. The standard InChI is InChI=1S/C18H12ClN3O7/c1-29-18(26)11-7-9(5-6-12(11)19)20-14(23)8-21-16(24)10-3-2-4-13(22(27)28)15(10)17(21)25/h2-7H,8H2,1H3,(H,20,23). The molecule has 0 fully saturated rings. The molecule has 1 aliphatic rings. The third kappa shape index (κ3) is 3.65. The molecule has 0 bridgehead atoms. The lowest BCUT2D eigenvalue weighted by atomic mass is 10.1. The molecule has 0 saturated heterocycles. The summed E-state index contributed by atoms with van der Waals surface area (Å²) >= 11 is 5.91. The number of anilines is 1. The number of hydrogen-bond donors (Lipinski definition) is 1. The van der Waals surface area contributed by atoms with Gasteiger partial charge in [-0.05, 0) is 24.3 Å². The number of fused-ring (bicyclic) bond motifs is 1. The van der Waals surface area contributed by atoms with Crippen LogP contribution in [0.1, 0.15) is 31.1 Å². The summed E-state index contributed by atoms with van der Waals surface area (Å²) in [6.07, 6.45) is 0. The van der Waals surface area contributed by atoms with Crippen LogP contribution in [0.2, 0.25) is 5.02 Å². The van der Waals surface area contributed by atoms with Gasteiger partial charge in [-0.1, -0.05) is 17.7 Å². The highest BCUT2D eigenvalue weighted by molar-refractivity contribution is 6.33. The smallest absolute Gasteiger partial charge is 0.339 e. The second kappa shape index (κ2) is 7.68. The molecule has 0 radical (unpaired) electrons. The largest absolute Gasteiger partial charge is 0.465 e. The van der Waals surface area contributed by atoms with E-state index in [2.05, 4.69) is 10.1 Å². The Morgan fingerprint density at radius 3 is 2.59 bits per heavy atom. The Kier molecular flexibility index (Phi) is 5.29. The van der Waals surface area contributed by atoms with E-state index in [1.807, 2.05) is 0 Å². The van der Waals surface area contributed by atoms with Crippen molar-refractivity contribution in [2.75, 3.05) is 19.0 Å². The number of halogens is 1. The van der Waals surface area contributed by atoms with E-state index in [1.54, 1.807) is 0 Å². The number of carbonyl (C=O) groups excluding carboxylic acids is 4. The summed E-state index contributed by atoms with van der Waals surface area (Å²) in [5.41, 5.74) is -0.805. The van der Waals surface area contributed by atoms with Gasteiger partial charge in [0.2, 0.25) is 5.91 Å². The number of carbonyl (C=O) groups is 4. The van der Waals surface area contributed by atoms with E-state index in [-0.39, 0.29) is 27.4 Å². The van der Waals surface area contributed by atoms with Gasteiger partial charge in [0.05, 0.1) is 28.2 Å². The van der Waals surface area contributed by atoms with Crippen LogP contribution >= 0.6 is 11.6 Å². The van der Waals surface area contributed by atoms with E-state index < -0.39 is 40.8 Å². The third-order valence-corrected chi connectivity index (χ3v) is 4.46. The number of benzene rings is 2. The Hall–Kier alpha value is -3.79. The summed E-state index contributed by atoms with van der Waals surface area (Å²) in [7, 11) is 1.17. The van der Waals surface area contributed by atoms with Crippen LogP contribution in [0.3, 0.4) is 0 Å². The number of nitrogens with one attached hydrogen (secondary N) is 1. The zero-order valence-electron chi connectivity index (χ0n) is 14.8. The summed E-state index contributed by atoms with van der Waals surface area (Å²) in [5, 5.41) is 13.7. The molecule has 2 aromatic carbocycles. The van der Waals surface area contributed by atoms with Gasteiger partial charge in [-0.25, -0.2) is 4.79 Å². The van der Waals surface area contributed by atoms with Gasteiger partial charge in [-0.15, -0.1) is 0 Å². The van der Waals surface area contributed by atoms with Gasteiger partial charge < -0.3 is 10.1 Å². The third-order valence-electron chi connectivity index (χ3n) is 4.13. The number of rotatable bonds is 5. The van der Waals surface area contributed by atoms with Crippen molar-refractivity contribution in [2.24, 2.45) is 0 Å². The van der Waals surface area contributed by atoms with Gasteiger partial charge in [0, 0.05) is 11.8 Å². The number of esters is 1. The fraction of sp³-hybridized carbons (Fsp3) is 0.111. The topological polar surface area (TPSA) is 136 Å². The number of nitrogens with zero attached hydrogens (tertiary/aromatic N) is 2. The zero-order chi connectivity index (χ0) is 21.3. The Balaban J connectivity index is 1.79. The van der Waals surface area contributed by atoms with Crippen LogP contribution in [0, 0.1) is 10.1 Å². The van der Waals surface area contributed by atoms with Crippen molar-refractivity contribution >= 4 is 46.7 Å². The second-order valence-corrected chi connectivity index (χ2v) is 6.29. The average Bonchev–Trinajstić information content (AvgIpc) is 2.93. The maximum absolute atomic E-state index is 12.5. The monoisotopic (exact) mass is 417 g/mol. The molecule has 0 atom stereocenters. The minimum atomic E-state index is -0.932. The van der Waals surface area contributed by atoms with E-state index in [0.29, 0.717) is 4.90 Å². The van der Waals surface area contributed by atoms with Crippen LogP contribution in [0.5, 0.6) is 0 Å². The Bertz CT molecular complexity index is 1080. The highest BCUT2D eigenvalue weighted by atomic mass is 35.5. The molecule has 0 saturated carbocycles. The first-order chi connectivity index (χ1) is 13.7. The lowest BCUT2D eigenvalue weighted by Gasteiger charge is -2.14. The van der Waals surface area contributed by atoms with E-state index in [9.17, 15) is 29.3 Å². The zero-order valence-corrected chi connectivity index (χ0v) is 15.6. The number of methoxy groups -OCH3 is 1. The maximum atomic E-state index is 12.5. The molecule has 1 aliphatic heterocycles. The molecule has 3 rings (SSSR count). The Labute approximate surface area is 168 Å². The maximum Gasteiger partial charge on any atom is 0.339 e. The quantitative estimate of drug-likeness (QED) is 0.341. The predicted molar refractivity (Wildman–Crippen MR) is 99.9 cm³/mol. The first-order valence-corrected chi connectivity index (χ1v) is 8.43. The second-order valence-electron chi connectivity index (χ2n) is 5.89. The first kappa shape index (κ1) is 20.0. The molecule has 0 spiro atoms. The van der Waals surface area contributed by atoms with Crippen molar-refractivity contribution in [1.82, 2.24) is 4.90 Å². The van der Waals surface area contributed by atoms with Gasteiger partial charge in [-0.3, -0.25) is 29.4 Å². The average molecular weight is 418 g/mol. The minimum Gasteiger partial charge on any atom is -0.465 e. The van der Waals surface area contributed by atoms with Crippen molar-refractivity contribution in [3.63, 3.8) is 0 Å². The molecule has 1 heterocycles. The molecular formula is C18H12ClN3O7. The van der Waals surface area contributed by atoms with Crippen LogP contribution in [0.25, 0.3) is 0 Å². The van der Waals surface area contributed by atoms with Crippen LogP contribution in [0.15, 0.2) is 36.4 Å². The number of imide groups is 1. The highest BCUT2D eigenvalue weighted by Gasteiger charge is 2.41. The molecule has 29 heavy (non-hydrogen) atoms. The van der Waals surface area contributed by atoms with E-state index >= 15 is 0 Å². The molecule has 1 N–H and O–H groups in total. The van der Waals surface area contributed by atoms with E-state index in [0.717, 1.165) is 6.07 Å². The van der Waals surface area contributed by atoms with Gasteiger partial charge in [0.25, 0.3) is 17.5 Å². The van der Waals surface area contributed by atoms with Crippen LogP contribution in [-0.2, 0) is 9.53 Å². The lowest BCUT2D eigenvalue weighted by Crippen LogP contribution is -2.37. The summed E-state index contributed by atoms with van der Waals surface area (Å²) in [6, 6.07) is 7.74. The summed E-state index contributed by atoms with van der Waals surface area (Å²) in [5.74, 6) is -3.20. The fourth-order valence-electron chi connectivity index (χ4n) is 2.82. The van der Waals surface area contributed by atoms with Gasteiger partial charge in [0.1, 0.15) is 12.1 Å². The highest BCUT2D eigenvalue weighted by Crippen LogP contribution is 2.30. The van der Waals surface area contributed by atoms with Crippen molar-refractivity contribution < 1.29 is 28.8 Å². The van der Waals surface area contributed by atoms with Crippen molar-refractivity contribution in [1.29, 1.82) is 0 Å². The molecule has 0 unspecified atom stereocenters. The molecule has 2 aromatic rings. The van der Waals surface area contributed by atoms with Crippen LogP contribution < -0.4 is 5.32 Å². The molecule has 148 valence electrons. The summed E-state index contributed by atoms with van der Waals surface area (Å²) < 4.78 is 4.59. The Morgan fingerprint density at radius 2 is 1.93 bits per heavy atom. The SMILES string of the molecule is COC(=O)c1cc(NC(=O)CN2C(=O)c3cccc([N+](=O)[O-])c3C2=O)ccc1Cl. The molecular weight excluding hydrogens is 406 g/mol. The number of nitro benzene ring substituents is 1. The Morgan fingerprint density at radius 1 is 1.21 bits per heavy atom. The number of amides is 3. The molecule has 10 nitrogen and oxygen atoms in total. The van der Waals surface area contributed by atoms with Crippen LogP contribution in [-0.4, -0.2) is 47.2 Å². The van der Waals surface area contributed by atoms with Gasteiger partial charge >= 0.3 is 5.97 Å². The molecule has 11 heteroatoms. The van der Waals surface area contributed by atoms with E-state index in [4.69, 9.17) is 11.6 Å². The van der Waals surface area contributed by atoms with Crippen molar-refractivity contribution in [2.45, 2.75) is 0 Å². The van der Waals surface area contributed by atoms with E-state index in [1.165, 1.54) is 37.4 Å². The van der Waals surface area contributed by atoms with Gasteiger partial charge in [-0.2, -0.15) is 0 Å². The predicted octanol–water partition coefficient (Wildman–Crippen LogP) is 2.27. The van der Waals surface area contributed by atoms with Crippen molar-refractivity contribution in [3.05, 3.63) is 68.2 Å². The number of ether oxygens (including phenoxy) is 1. The fourth-order valence-corrected chi connectivity index (χ4v) is 3.02. The summed E-state index contributed by atoms with van der Waals surface area (Å²) in [6.45, 7) is -0.667. The lowest BCUT2D eigenvalue weighted by molar-refractivity contribution is -0.385. The number of hydrogen-bond acceptors (Lipinski definition) is 7. The molecule has 3 amide bonds. The normalized spacial score (nSPS) is 12.6. The molecule has 0 aliphatic carbocycles.